The van der Waals surface area contributed by atoms with Gasteiger partial charge < -0.3 is 19.2 Å². The fourth-order valence-corrected chi connectivity index (χ4v) is 3.61. The summed E-state index contributed by atoms with van der Waals surface area (Å²) in [7, 11) is 1.47. The van der Waals surface area contributed by atoms with Crippen LogP contribution >= 0.6 is 12.2 Å². The predicted molar refractivity (Wildman–Crippen MR) is 123 cm³/mol. The van der Waals surface area contributed by atoms with Gasteiger partial charge in [0.15, 0.2) is 10.9 Å². The van der Waals surface area contributed by atoms with Crippen molar-refractivity contribution in [3.8, 4) is 11.5 Å². The number of hydrogen-bond acceptors (Lipinski definition) is 7. The monoisotopic (exact) mass is 483 g/mol. The Morgan fingerprint density at radius 1 is 1.24 bits per heavy atom. The molecule has 0 radical (unpaired) electrons. The standard InChI is InChI=1S/C23H18FN3O6S/c1-31-20-7-4-14(9-15(20)13-33-21-11-16(24)5-6-19(21)27(29)30)10-18-22(28)26(23(34)25-18)12-17-3-2-8-32-17/h2-11H,12-13H2,1H3,(H,25,34)/b18-10+. The summed E-state index contributed by atoms with van der Waals surface area (Å²) < 4.78 is 29.8. The minimum atomic E-state index is -0.660. The summed E-state index contributed by atoms with van der Waals surface area (Å²) in [5, 5.41) is 14.4. The second-order valence-electron chi connectivity index (χ2n) is 7.19. The molecule has 2 heterocycles. The first-order chi connectivity index (χ1) is 16.4. The molecule has 1 fully saturated rings. The summed E-state index contributed by atoms with van der Waals surface area (Å²) in [6.07, 6.45) is 3.13. The molecule has 1 aromatic heterocycles. The van der Waals surface area contributed by atoms with Crippen molar-refractivity contribution in [1.82, 2.24) is 10.2 Å². The Bertz CT molecular complexity index is 1290. The molecule has 0 spiro atoms. The van der Waals surface area contributed by atoms with E-state index in [1.807, 2.05) is 0 Å². The highest BCUT2D eigenvalue weighted by molar-refractivity contribution is 7.80. The van der Waals surface area contributed by atoms with E-state index < -0.39 is 10.7 Å². The van der Waals surface area contributed by atoms with Gasteiger partial charge in [0.25, 0.3) is 5.91 Å². The topological polar surface area (TPSA) is 107 Å². The van der Waals surface area contributed by atoms with Crippen molar-refractivity contribution in [1.29, 1.82) is 0 Å². The summed E-state index contributed by atoms with van der Waals surface area (Å²) in [5.74, 6) is -0.129. The SMILES string of the molecule is COc1ccc(/C=C2/NC(=S)N(Cc3ccco3)C2=O)cc1COc1cc(F)ccc1[N+](=O)[O-]. The highest BCUT2D eigenvalue weighted by Gasteiger charge is 2.31. The third-order valence-electron chi connectivity index (χ3n) is 4.97. The third-order valence-corrected chi connectivity index (χ3v) is 5.30. The Balaban J connectivity index is 1.55. The number of hydrogen-bond donors (Lipinski definition) is 1. The normalized spacial score (nSPS) is 14.4. The number of amides is 1. The van der Waals surface area contributed by atoms with Gasteiger partial charge in [-0.1, -0.05) is 6.07 Å². The molecule has 3 aromatic rings. The lowest BCUT2D eigenvalue weighted by Crippen LogP contribution is -2.29. The van der Waals surface area contributed by atoms with E-state index in [1.165, 1.54) is 18.3 Å². The van der Waals surface area contributed by atoms with Gasteiger partial charge in [-0.25, -0.2) is 4.39 Å². The lowest BCUT2D eigenvalue weighted by molar-refractivity contribution is -0.386. The van der Waals surface area contributed by atoms with E-state index >= 15 is 0 Å². The Morgan fingerprint density at radius 3 is 2.76 bits per heavy atom. The van der Waals surface area contributed by atoms with Crippen LogP contribution < -0.4 is 14.8 Å². The van der Waals surface area contributed by atoms with Crippen LogP contribution in [0.5, 0.6) is 11.5 Å². The van der Waals surface area contributed by atoms with Crippen molar-refractivity contribution < 1.29 is 28.0 Å². The molecule has 0 unspecified atom stereocenters. The first-order valence-electron chi connectivity index (χ1n) is 9.96. The summed E-state index contributed by atoms with van der Waals surface area (Å²) in [5.41, 5.74) is 1.08. The van der Waals surface area contributed by atoms with Crippen LogP contribution in [-0.2, 0) is 17.9 Å². The van der Waals surface area contributed by atoms with Gasteiger partial charge in [-0.3, -0.25) is 19.8 Å². The number of halogens is 1. The van der Waals surface area contributed by atoms with Crippen molar-refractivity contribution in [3.05, 3.63) is 93.3 Å². The molecule has 0 bridgehead atoms. The van der Waals surface area contributed by atoms with E-state index in [-0.39, 0.29) is 41.3 Å². The summed E-state index contributed by atoms with van der Waals surface area (Å²) in [4.78, 5) is 24.8. The fourth-order valence-electron chi connectivity index (χ4n) is 3.35. The van der Waals surface area contributed by atoms with Gasteiger partial charge in [0.1, 0.15) is 29.6 Å². The average molecular weight is 483 g/mol. The molecular weight excluding hydrogens is 465 g/mol. The number of carbonyl (C=O) groups is 1. The van der Waals surface area contributed by atoms with Crippen LogP contribution in [0.1, 0.15) is 16.9 Å². The smallest absolute Gasteiger partial charge is 0.311 e. The number of thiocarbonyl (C=S) groups is 1. The van der Waals surface area contributed by atoms with Crippen molar-refractivity contribution >= 4 is 35.0 Å². The van der Waals surface area contributed by atoms with Crippen molar-refractivity contribution in [2.45, 2.75) is 13.2 Å². The molecule has 1 aliphatic rings. The number of nitrogens with zero attached hydrogens (tertiary/aromatic N) is 2. The number of furan rings is 1. The number of nitrogens with one attached hydrogen (secondary N) is 1. The summed E-state index contributed by atoms with van der Waals surface area (Å²) >= 11 is 5.27. The highest BCUT2D eigenvalue weighted by atomic mass is 32.1. The number of nitro benzene ring substituents is 1. The van der Waals surface area contributed by atoms with Crippen LogP contribution in [-0.4, -0.2) is 28.0 Å². The molecule has 0 atom stereocenters. The van der Waals surface area contributed by atoms with Gasteiger partial charge in [0.05, 0.1) is 24.8 Å². The molecular formula is C23H18FN3O6S. The fraction of sp³-hybridized carbons (Fsp3) is 0.130. The van der Waals surface area contributed by atoms with E-state index in [4.69, 9.17) is 26.1 Å². The minimum absolute atomic E-state index is 0.130. The molecule has 1 amide bonds. The average Bonchev–Trinajstić information content (AvgIpc) is 3.42. The Kier molecular flexibility index (Phi) is 6.55. The molecule has 11 heteroatoms. The molecule has 1 saturated heterocycles. The number of nitro groups is 1. The van der Waals surface area contributed by atoms with E-state index in [2.05, 4.69) is 5.32 Å². The number of benzene rings is 2. The molecule has 34 heavy (non-hydrogen) atoms. The number of rotatable bonds is 8. The van der Waals surface area contributed by atoms with Crippen molar-refractivity contribution in [2.75, 3.05) is 7.11 Å². The lowest BCUT2D eigenvalue weighted by atomic mass is 10.1. The second kappa shape index (κ2) is 9.71. The van der Waals surface area contributed by atoms with Crippen molar-refractivity contribution in [3.63, 3.8) is 0 Å². The molecule has 9 nitrogen and oxygen atoms in total. The molecule has 4 rings (SSSR count). The zero-order valence-electron chi connectivity index (χ0n) is 17.8. The maximum atomic E-state index is 13.6. The maximum absolute atomic E-state index is 13.6. The largest absolute Gasteiger partial charge is 0.496 e. The minimum Gasteiger partial charge on any atom is -0.496 e. The zero-order valence-corrected chi connectivity index (χ0v) is 18.6. The Labute approximate surface area is 198 Å². The van der Waals surface area contributed by atoms with Gasteiger partial charge >= 0.3 is 5.69 Å². The first-order valence-corrected chi connectivity index (χ1v) is 10.4. The summed E-state index contributed by atoms with van der Waals surface area (Å²) in [6, 6.07) is 11.5. The second-order valence-corrected chi connectivity index (χ2v) is 7.57. The lowest BCUT2D eigenvalue weighted by Gasteiger charge is -2.12. The molecule has 2 aromatic carbocycles. The number of methoxy groups -OCH3 is 1. The van der Waals surface area contributed by atoms with E-state index in [1.54, 1.807) is 36.4 Å². The Morgan fingerprint density at radius 2 is 2.06 bits per heavy atom. The third kappa shape index (κ3) is 4.89. The molecule has 1 aliphatic heterocycles. The molecule has 0 saturated carbocycles. The van der Waals surface area contributed by atoms with Gasteiger partial charge in [-0.05, 0) is 54.2 Å². The van der Waals surface area contributed by atoms with E-state index in [0.717, 1.165) is 18.2 Å². The van der Waals surface area contributed by atoms with E-state index in [9.17, 15) is 19.3 Å². The van der Waals surface area contributed by atoms with Gasteiger partial charge in [0.2, 0.25) is 0 Å². The predicted octanol–water partition coefficient (Wildman–Crippen LogP) is 4.17. The first kappa shape index (κ1) is 22.9. The maximum Gasteiger partial charge on any atom is 0.311 e. The zero-order chi connectivity index (χ0) is 24.2. The van der Waals surface area contributed by atoms with Gasteiger partial charge in [0, 0.05) is 17.7 Å². The van der Waals surface area contributed by atoms with Crippen molar-refractivity contribution in [2.24, 2.45) is 0 Å². The van der Waals surface area contributed by atoms with Gasteiger partial charge in [-0.15, -0.1) is 0 Å². The van der Waals surface area contributed by atoms with Crippen LogP contribution in [0.2, 0.25) is 0 Å². The van der Waals surface area contributed by atoms with Gasteiger partial charge in [-0.2, -0.15) is 0 Å². The summed E-state index contributed by atoms with van der Waals surface area (Å²) in [6.45, 7) is 0.0675. The van der Waals surface area contributed by atoms with Crippen LogP contribution in [0.3, 0.4) is 0 Å². The molecule has 0 aliphatic carbocycles. The van der Waals surface area contributed by atoms with Crippen LogP contribution in [0.25, 0.3) is 6.08 Å². The Hall–Kier alpha value is -4.25. The highest BCUT2D eigenvalue weighted by Crippen LogP contribution is 2.30. The number of carbonyl (C=O) groups excluding carboxylic acids is 1. The van der Waals surface area contributed by atoms with Crippen LogP contribution in [0, 0.1) is 15.9 Å². The quantitative estimate of drug-likeness (QED) is 0.220. The number of ether oxygens (including phenoxy) is 2. The van der Waals surface area contributed by atoms with Crippen LogP contribution in [0.4, 0.5) is 10.1 Å². The van der Waals surface area contributed by atoms with Crippen LogP contribution in [0.15, 0.2) is 64.9 Å². The van der Waals surface area contributed by atoms with E-state index in [0.29, 0.717) is 22.6 Å². The molecule has 174 valence electrons. The molecule has 1 N–H and O–H groups in total.